The molecule has 0 aliphatic heterocycles. The molecule has 2 heterocycles. The summed E-state index contributed by atoms with van der Waals surface area (Å²) in [6, 6.07) is 9.70. The lowest BCUT2D eigenvalue weighted by molar-refractivity contribution is -0.119. The second kappa shape index (κ2) is 8.37. The van der Waals surface area contributed by atoms with Gasteiger partial charge < -0.3 is 10.3 Å². The number of nitrogens with zero attached hydrogens (tertiary/aromatic N) is 4. The Morgan fingerprint density at radius 1 is 1.19 bits per heavy atom. The summed E-state index contributed by atoms with van der Waals surface area (Å²) in [6.07, 6.45) is 4.10. The van der Waals surface area contributed by atoms with Crippen LogP contribution in [0.1, 0.15) is 60.8 Å². The summed E-state index contributed by atoms with van der Waals surface area (Å²) in [5, 5.41) is 8.86. The van der Waals surface area contributed by atoms with Gasteiger partial charge in [0.1, 0.15) is 11.3 Å². The van der Waals surface area contributed by atoms with Gasteiger partial charge in [0.15, 0.2) is 0 Å². The van der Waals surface area contributed by atoms with E-state index in [-0.39, 0.29) is 23.4 Å². The number of hydrogen-bond donors (Lipinski definition) is 1. The standard InChI is InChI=1S/C23H27N5O3/c1-4-18(29)27(16-10-8-9-11-16)23-20(22(24)30)21(26-31-23)19-14(2)25-28(15(19)3)17-12-6-5-7-13-17/h5-7,12-13,16H,4,8-11H2,1-3H3,(H2,24,30). The number of nitrogens with two attached hydrogens (primary N) is 1. The van der Waals surface area contributed by atoms with Crippen LogP contribution in [0, 0.1) is 13.8 Å². The Balaban J connectivity index is 1.86. The molecule has 0 unspecified atom stereocenters. The van der Waals surface area contributed by atoms with Crippen LogP contribution in [0.5, 0.6) is 0 Å². The van der Waals surface area contributed by atoms with Gasteiger partial charge in [0.25, 0.3) is 5.91 Å². The zero-order valence-electron chi connectivity index (χ0n) is 18.1. The number of aryl methyl sites for hydroxylation is 1. The molecule has 0 bridgehead atoms. The number of para-hydroxylation sites is 1. The van der Waals surface area contributed by atoms with Crippen LogP contribution in [-0.4, -0.2) is 32.8 Å². The Hall–Kier alpha value is -3.42. The van der Waals surface area contributed by atoms with E-state index < -0.39 is 5.91 Å². The van der Waals surface area contributed by atoms with Crippen molar-refractivity contribution in [1.82, 2.24) is 14.9 Å². The summed E-state index contributed by atoms with van der Waals surface area (Å²) in [4.78, 5) is 27.0. The summed E-state index contributed by atoms with van der Waals surface area (Å²) < 4.78 is 7.45. The normalized spacial score (nSPS) is 14.2. The van der Waals surface area contributed by atoms with Gasteiger partial charge in [-0.3, -0.25) is 14.5 Å². The number of primary amides is 1. The lowest BCUT2D eigenvalue weighted by Gasteiger charge is -2.26. The maximum Gasteiger partial charge on any atom is 0.256 e. The molecule has 1 aromatic carbocycles. The van der Waals surface area contributed by atoms with E-state index in [1.807, 2.05) is 44.2 Å². The first-order chi connectivity index (χ1) is 14.9. The van der Waals surface area contributed by atoms with Crippen LogP contribution in [0.3, 0.4) is 0 Å². The largest absolute Gasteiger partial charge is 0.365 e. The molecule has 2 N–H and O–H groups in total. The maximum absolute atomic E-state index is 12.8. The Kier molecular flexibility index (Phi) is 5.63. The first kappa shape index (κ1) is 20.8. The predicted octanol–water partition coefficient (Wildman–Crippen LogP) is 3.93. The lowest BCUT2D eigenvalue weighted by Crippen LogP contribution is -2.39. The van der Waals surface area contributed by atoms with Crippen molar-refractivity contribution >= 4 is 17.7 Å². The minimum atomic E-state index is -0.676. The molecule has 1 aliphatic carbocycles. The Morgan fingerprint density at radius 2 is 1.87 bits per heavy atom. The molecule has 4 rings (SSSR count). The first-order valence-corrected chi connectivity index (χ1v) is 10.7. The van der Waals surface area contributed by atoms with Gasteiger partial charge in [-0.15, -0.1) is 0 Å². The van der Waals surface area contributed by atoms with Crippen LogP contribution in [0.2, 0.25) is 0 Å². The minimum Gasteiger partial charge on any atom is -0.365 e. The molecular formula is C23H27N5O3. The van der Waals surface area contributed by atoms with E-state index in [1.54, 1.807) is 16.5 Å². The van der Waals surface area contributed by atoms with Gasteiger partial charge in [-0.05, 0) is 38.8 Å². The first-order valence-electron chi connectivity index (χ1n) is 10.7. The molecule has 162 valence electrons. The van der Waals surface area contributed by atoms with E-state index in [1.165, 1.54) is 0 Å². The molecule has 0 radical (unpaired) electrons. The smallest absolute Gasteiger partial charge is 0.256 e. The second-order valence-corrected chi connectivity index (χ2v) is 7.92. The fraction of sp³-hybridized carbons (Fsp3) is 0.391. The topological polar surface area (TPSA) is 107 Å². The predicted molar refractivity (Wildman–Crippen MR) is 117 cm³/mol. The van der Waals surface area contributed by atoms with E-state index in [4.69, 9.17) is 10.3 Å². The van der Waals surface area contributed by atoms with Crippen molar-refractivity contribution in [2.45, 2.75) is 58.9 Å². The molecular weight excluding hydrogens is 394 g/mol. The highest BCUT2D eigenvalue weighted by Gasteiger charge is 2.36. The number of carbonyl (C=O) groups excluding carboxylic acids is 2. The van der Waals surface area contributed by atoms with Crippen molar-refractivity contribution in [3.8, 4) is 16.9 Å². The van der Waals surface area contributed by atoms with Crippen LogP contribution in [0.15, 0.2) is 34.9 Å². The zero-order chi connectivity index (χ0) is 22.1. The summed E-state index contributed by atoms with van der Waals surface area (Å²) in [6.45, 7) is 5.56. The molecule has 1 saturated carbocycles. The van der Waals surface area contributed by atoms with Gasteiger partial charge in [-0.2, -0.15) is 5.10 Å². The number of anilines is 1. The summed E-state index contributed by atoms with van der Waals surface area (Å²) in [5.74, 6) is -0.637. The molecule has 0 spiro atoms. The van der Waals surface area contributed by atoms with Gasteiger partial charge in [0, 0.05) is 18.0 Å². The van der Waals surface area contributed by atoms with Crippen molar-refractivity contribution in [2.24, 2.45) is 5.73 Å². The third-order valence-corrected chi connectivity index (χ3v) is 5.93. The Labute approximate surface area is 181 Å². The average Bonchev–Trinajstić information content (AvgIpc) is 3.49. The number of carbonyl (C=O) groups is 2. The third-order valence-electron chi connectivity index (χ3n) is 5.93. The molecule has 8 heteroatoms. The number of benzene rings is 1. The van der Waals surface area contributed by atoms with E-state index in [2.05, 4.69) is 10.3 Å². The van der Waals surface area contributed by atoms with Crippen molar-refractivity contribution in [1.29, 1.82) is 0 Å². The molecule has 0 saturated heterocycles. The molecule has 1 aliphatic rings. The SMILES string of the molecule is CCC(=O)N(c1onc(-c2c(C)nn(-c3ccccc3)c2C)c1C(N)=O)C1CCCC1. The summed E-state index contributed by atoms with van der Waals surface area (Å²) in [5.41, 5.74) is 9.32. The molecule has 31 heavy (non-hydrogen) atoms. The third kappa shape index (κ3) is 3.62. The molecule has 2 aromatic heterocycles. The van der Waals surface area contributed by atoms with Crippen LogP contribution in [0.25, 0.3) is 16.9 Å². The van der Waals surface area contributed by atoms with Gasteiger partial charge >= 0.3 is 0 Å². The fourth-order valence-electron chi connectivity index (χ4n) is 4.46. The molecule has 3 aromatic rings. The van der Waals surface area contributed by atoms with E-state index in [0.29, 0.717) is 23.4 Å². The zero-order valence-corrected chi connectivity index (χ0v) is 18.1. The van der Waals surface area contributed by atoms with Crippen LogP contribution in [0.4, 0.5) is 5.88 Å². The van der Waals surface area contributed by atoms with Gasteiger partial charge in [-0.1, -0.05) is 43.1 Å². The summed E-state index contributed by atoms with van der Waals surface area (Å²) in [7, 11) is 0. The molecule has 8 nitrogen and oxygen atoms in total. The molecule has 2 amide bonds. The van der Waals surface area contributed by atoms with E-state index >= 15 is 0 Å². The highest BCUT2D eigenvalue weighted by atomic mass is 16.5. The quantitative estimate of drug-likeness (QED) is 0.649. The highest BCUT2D eigenvalue weighted by Crippen LogP contribution is 2.38. The van der Waals surface area contributed by atoms with Crippen molar-refractivity contribution in [3.05, 3.63) is 47.3 Å². The van der Waals surface area contributed by atoms with E-state index in [0.717, 1.165) is 37.1 Å². The van der Waals surface area contributed by atoms with Crippen LogP contribution in [-0.2, 0) is 4.79 Å². The number of aromatic nitrogens is 3. The van der Waals surface area contributed by atoms with Gasteiger partial charge in [0.2, 0.25) is 11.8 Å². The van der Waals surface area contributed by atoms with Gasteiger partial charge in [0.05, 0.1) is 17.1 Å². The fourth-order valence-corrected chi connectivity index (χ4v) is 4.46. The molecule has 1 fully saturated rings. The van der Waals surface area contributed by atoms with E-state index in [9.17, 15) is 9.59 Å². The van der Waals surface area contributed by atoms with Crippen molar-refractivity contribution in [3.63, 3.8) is 0 Å². The monoisotopic (exact) mass is 421 g/mol. The molecule has 0 atom stereocenters. The lowest BCUT2D eigenvalue weighted by atomic mass is 10.0. The maximum atomic E-state index is 12.8. The number of hydrogen-bond acceptors (Lipinski definition) is 5. The average molecular weight is 422 g/mol. The summed E-state index contributed by atoms with van der Waals surface area (Å²) >= 11 is 0. The second-order valence-electron chi connectivity index (χ2n) is 7.92. The highest BCUT2D eigenvalue weighted by molar-refractivity contribution is 6.07. The van der Waals surface area contributed by atoms with Crippen LogP contribution < -0.4 is 10.6 Å². The van der Waals surface area contributed by atoms with Crippen LogP contribution >= 0.6 is 0 Å². The minimum absolute atomic E-state index is 0.0133. The Bertz CT molecular complexity index is 1110. The van der Waals surface area contributed by atoms with Crippen molar-refractivity contribution < 1.29 is 14.1 Å². The number of rotatable bonds is 6. The Morgan fingerprint density at radius 3 is 2.48 bits per heavy atom. The van der Waals surface area contributed by atoms with Gasteiger partial charge in [-0.25, -0.2) is 4.68 Å². The van der Waals surface area contributed by atoms with Crippen molar-refractivity contribution in [2.75, 3.05) is 4.90 Å². The number of amides is 2.